The molecule has 2 rings (SSSR count). The fourth-order valence-electron chi connectivity index (χ4n) is 1.99. The third kappa shape index (κ3) is 2.50. The third-order valence-electron chi connectivity index (χ3n) is 2.94. The minimum atomic E-state index is -0.161. The molecule has 15 heavy (non-hydrogen) atoms. The van der Waals surface area contributed by atoms with Crippen LogP contribution in [0.25, 0.3) is 0 Å². The molecule has 0 bridgehead atoms. The van der Waals surface area contributed by atoms with Crippen LogP contribution in [-0.4, -0.2) is 13.1 Å². The van der Waals surface area contributed by atoms with Crippen LogP contribution in [0, 0.1) is 11.7 Å². The van der Waals surface area contributed by atoms with Gasteiger partial charge >= 0.3 is 0 Å². The lowest BCUT2D eigenvalue weighted by molar-refractivity contribution is 0.597. The van der Waals surface area contributed by atoms with Gasteiger partial charge in [0.25, 0.3) is 0 Å². The molecule has 0 spiro atoms. The quantitative estimate of drug-likeness (QED) is 0.833. The Hall–Kier alpha value is -0.600. The van der Waals surface area contributed by atoms with Gasteiger partial charge in [-0.25, -0.2) is 4.39 Å². The Balaban J connectivity index is 2.00. The highest BCUT2D eigenvalue weighted by molar-refractivity contribution is 6.30. The molecule has 0 saturated heterocycles. The highest BCUT2D eigenvalue weighted by Gasteiger charge is 2.39. The normalized spacial score (nSPS) is 24.2. The first kappa shape index (κ1) is 10.9. The Morgan fingerprint density at radius 2 is 2.33 bits per heavy atom. The van der Waals surface area contributed by atoms with E-state index in [-0.39, 0.29) is 5.82 Å². The zero-order valence-corrected chi connectivity index (χ0v) is 9.52. The number of hydrogen-bond acceptors (Lipinski definition) is 1. The first-order valence-corrected chi connectivity index (χ1v) is 5.75. The van der Waals surface area contributed by atoms with Gasteiger partial charge in [0.05, 0.1) is 0 Å². The molecule has 1 nitrogen and oxygen atoms in total. The fraction of sp³-hybridized carbons (Fsp3) is 0.500. The van der Waals surface area contributed by atoms with Crippen LogP contribution in [0.1, 0.15) is 24.8 Å². The summed E-state index contributed by atoms with van der Waals surface area (Å²) in [6.45, 7) is 4.05. The van der Waals surface area contributed by atoms with Crippen molar-refractivity contribution in [1.29, 1.82) is 0 Å². The Morgan fingerprint density at radius 1 is 1.53 bits per heavy atom. The number of halogens is 2. The average Bonchev–Trinajstić information content (AvgIpc) is 2.94. The van der Waals surface area contributed by atoms with Crippen molar-refractivity contribution < 1.29 is 4.39 Å². The lowest BCUT2D eigenvalue weighted by atomic mass is 10.1. The molecule has 2 unspecified atom stereocenters. The molecule has 1 fully saturated rings. The standard InChI is InChI=1S/C12H15ClFN/c1-2-15-7-8-5-11(8)10-4-3-9(13)6-12(10)14/h3-4,6,8,11,15H,2,5,7H2,1H3. The van der Waals surface area contributed by atoms with Gasteiger partial charge in [0, 0.05) is 5.02 Å². The van der Waals surface area contributed by atoms with E-state index in [9.17, 15) is 4.39 Å². The van der Waals surface area contributed by atoms with Crippen LogP contribution < -0.4 is 5.32 Å². The van der Waals surface area contributed by atoms with Gasteiger partial charge in [-0.3, -0.25) is 0 Å². The van der Waals surface area contributed by atoms with E-state index in [4.69, 9.17) is 11.6 Å². The molecular weight excluding hydrogens is 213 g/mol. The van der Waals surface area contributed by atoms with Gasteiger partial charge in [-0.15, -0.1) is 0 Å². The van der Waals surface area contributed by atoms with E-state index >= 15 is 0 Å². The van der Waals surface area contributed by atoms with Gasteiger partial charge in [0.1, 0.15) is 5.82 Å². The highest BCUT2D eigenvalue weighted by Crippen LogP contribution is 2.47. The summed E-state index contributed by atoms with van der Waals surface area (Å²) in [5.74, 6) is 0.827. The molecule has 1 aliphatic rings. The molecule has 1 saturated carbocycles. The van der Waals surface area contributed by atoms with Crippen molar-refractivity contribution in [2.75, 3.05) is 13.1 Å². The zero-order valence-electron chi connectivity index (χ0n) is 8.76. The van der Waals surface area contributed by atoms with Crippen LogP contribution in [0.4, 0.5) is 4.39 Å². The minimum Gasteiger partial charge on any atom is -0.317 e. The SMILES string of the molecule is CCNCC1CC1c1ccc(Cl)cc1F. The number of hydrogen-bond donors (Lipinski definition) is 1. The summed E-state index contributed by atoms with van der Waals surface area (Å²) in [6.07, 6.45) is 1.09. The Bertz CT molecular complexity index is 353. The van der Waals surface area contributed by atoms with Crippen LogP contribution >= 0.6 is 11.6 Å². The van der Waals surface area contributed by atoms with Crippen molar-refractivity contribution in [3.63, 3.8) is 0 Å². The average molecular weight is 228 g/mol. The second kappa shape index (κ2) is 4.50. The van der Waals surface area contributed by atoms with Crippen LogP contribution in [0.2, 0.25) is 5.02 Å². The summed E-state index contributed by atoms with van der Waals surface area (Å²) >= 11 is 5.71. The maximum atomic E-state index is 13.5. The molecule has 2 atom stereocenters. The van der Waals surface area contributed by atoms with Crippen LogP contribution in [0.5, 0.6) is 0 Å². The molecule has 0 aliphatic heterocycles. The van der Waals surface area contributed by atoms with Gasteiger partial charge in [-0.05, 0) is 49.0 Å². The molecule has 0 heterocycles. The predicted octanol–water partition coefficient (Wildman–Crippen LogP) is 3.19. The Morgan fingerprint density at radius 3 is 3.00 bits per heavy atom. The molecule has 1 aromatic rings. The summed E-state index contributed by atoms with van der Waals surface area (Å²) < 4.78 is 13.5. The summed E-state index contributed by atoms with van der Waals surface area (Å²) in [6, 6.07) is 4.98. The molecule has 0 amide bonds. The lowest BCUT2D eigenvalue weighted by Gasteiger charge is -2.03. The van der Waals surface area contributed by atoms with Gasteiger partial charge in [0.15, 0.2) is 0 Å². The fourth-order valence-corrected chi connectivity index (χ4v) is 2.14. The summed E-state index contributed by atoms with van der Waals surface area (Å²) in [5.41, 5.74) is 0.822. The van der Waals surface area contributed by atoms with E-state index in [0.717, 1.165) is 25.1 Å². The maximum absolute atomic E-state index is 13.5. The van der Waals surface area contributed by atoms with Crippen molar-refractivity contribution in [2.45, 2.75) is 19.3 Å². The molecule has 3 heteroatoms. The van der Waals surface area contributed by atoms with Crippen LogP contribution in [-0.2, 0) is 0 Å². The Kier molecular flexibility index (Phi) is 3.27. The van der Waals surface area contributed by atoms with Crippen LogP contribution in [0.3, 0.4) is 0 Å². The summed E-state index contributed by atoms with van der Waals surface area (Å²) in [5, 5.41) is 3.76. The maximum Gasteiger partial charge on any atom is 0.128 e. The molecule has 0 radical (unpaired) electrons. The number of rotatable bonds is 4. The van der Waals surface area contributed by atoms with E-state index in [1.165, 1.54) is 6.07 Å². The molecule has 1 N–H and O–H groups in total. The van der Waals surface area contributed by atoms with E-state index in [2.05, 4.69) is 12.2 Å². The smallest absolute Gasteiger partial charge is 0.128 e. The van der Waals surface area contributed by atoms with Crippen molar-refractivity contribution in [3.8, 4) is 0 Å². The molecular formula is C12H15ClFN. The highest BCUT2D eigenvalue weighted by atomic mass is 35.5. The second-order valence-electron chi connectivity index (χ2n) is 4.08. The molecule has 1 aliphatic carbocycles. The van der Waals surface area contributed by atoms with Gasteiger partial charge in [-0.1, -0.05) is 24.6 Å². The third-order valence-corrected chi connectivity index (χ3v) is 3.18. The lowest BCUT2D eigenvalue weighted by Crippen LogP contribution is -2.16. The van der Waals surface area contributed by atoms with Gasteiger partial charge in [-0.2, -0.15) is 0 Å². The van der Waals surface area contributed by atoms with Crippen molar-refractivity contribution in [1.82, 2.24) is 5.32 Å². The summed E-state index contributed by atoms with van der Waals surface area (Å²) in [4.78, 5) is 0. The van der Waals surface area contributed by atoms with Crippen LogP contribution in [0.15, 0.2) is 18.2 Å². The van der Waals surface area contributed by atoms with Crippen molar-refractivity contribution in [2.24, 2.45) is 5.92 Å². The van der Waals surface area contributed by atoms with E-state index in [0.29, 0.717) is 16.9 Å². The van der Waals surface area contributed by atoms with Crippen molar-refractivity contribution in [3.05, 3.63) is 34.6 Å². The molecule has 0 aromatic heterocycles. The van der Waals surface area contributed by atoms with Gasteiger partial charge in [0.2, 0.25) is 0 Å². The van der Waals surface area contributed by atoms with E-state index in [1.807, 2.05) is 6.07 Å². The van der Waals surface area contributed by atoms with Gasteiger partial charge < -0.3 is 5.32 Å². The first-order valence-electron chi connectivity index (χ1n) is 5.38. The largest absolute Gasteiger partial charge is 0.317 e. The molecule has 82 valence electrons. The second-order valence-corrected chi connectivity index (χ2v) is 4.51. The molecule has 1 aromatic carbocycles. The van der Waals surface area contributed by atoms with Crippen molar-refractivity contribution >= 4 is 11.6 Å². The van der Waals surface area contributed by atoms with E-state index in [1.54, 1.807) is 6.07 Å². The first-order chi connectivity index (χ1) is 7.22. The number of benzene rings is 1. The predicted molar refractivity (Wildman–Crippen MR) is 60.8 cm³/mol. The minimum absolute atomic E-state index is 0.161. The van der Waals surface area contributed by atoms with E-state index < -0.39 is 0 Å². The topological polar surface area (TPSA) is 12.0 Å². The monoisotopic (exact) mass is 227 g/mol. The number of nitrogens with one attached hydrogen (secondary N) is 1. The zero-order chi connectivity index (χ0) is 10.8. The summed E-state index contributed by atoms with van der Waals surface area (Å²) in [7, 11) is 0. The Labute approximate surface area is 94.6 Å².